The zero-order valence-corrected chi connectivity index (χ0v) is 15.2. The molecule has 0 unspecified atom stereocenters. The van der Waals surface area contributed by atoms with Crippen LogP contribution in [0.1, 0.15) is 15.9 Å². The largest absolute Gasteiger partial charge is 0.492 e. The zero-order valence-electron chi connectivity index (χ0n) is 14.4. The summed E-state index contributed by atoms with van der Waals surface area (Å²) in [5.41, 5.74) is 0.290. The SMILES string of the molecule is Cc1cccc(OCCNC(=O)COC(=O)c2cc(Cl)ccc2[N+](=O)[O-])c1. The summed E-state index contributed by atoms with van der Waals surface area (Å²) in [6.07, 6.45) is 0. The number of hydrogen-bond donors (Lipinski definition) is 1. The Hall–Kier alpha value is -3.13. The lowest BCUT2D eigenvalue weighted by Crippen LogP contribution is -2.32. The van der Waals surface area contributed by atoms with Gasteiger partial charge in [0, 0.05) is 11.1 Å². The summed E-state index contributed by atoms with van der Waals surface area (Å²) < 4.78 is 10.3. The molecule has 9 heteroatoms. The molecule has 0 spiro atoms. The number of nitrogens with one attached hydrogen (secondary N) is 1. The van der Waals surface area contributed by atoms with E-state index in [9.17, 15) is 19.7 Å². The number of aryl methyl sites for hydroxylation is 1. The third-order valence-corrected chi connectivity index (χ3v) is 3.63. The first-order valence-electron chi connectivity index (χ1n) is 7.94. The standard InChI is InChI=1S/C18H17ClN2O6/c1-12-3-2-4-14(9-12)26-8-7-20-17(22)11-27-18(23)15-10-13(19)5-6-16(15)21(24)25/h2-6,9-10H,7-8,11H2,1H3,(H,20,22). The molecule has 2 aromatic carbocycles. The molecule has 1 N–H and O–H groups in total. The molecule has 2 rings (SSSR count). The number of carbonyl (C=O) groups excluding carboxylic acids is 2. The van der Waals surface area contributed by atoms with Crippen LogP contribution in [-0.4, -0.2) is 36.6 Å². The van der Waals surface area contributed by atoms with Gasteiger partial charge in [0.15, 0.2) is 6.61 Å². The van der Waals surface area contributed by atoms with Gasteiger partial charge in [-0.3, -0.25) is 14.9 Å². The lowest BCUT2D eigenvalue weighted by Gasteiger charge is -2.09. The Morgan fingerprint density at radius 1 is 1.22 bits per heavy atom. The van der Waals surface area contributed by atoms with Crippen LogP contribution in [0, 0.1) is 17.0 Å². The molecule has 0 aliphatic heterocycles. The number of halogens is 1. The number of benzene rings is 2. The molecule has 8 nitrogen and oxygen atoms in total. The van der Waals surface area contributed by atoms with Crippen molar-refractivity contribution < 1.29 is 24.0 Å². The number of hydrogen-bond acceptors (Lipinski definition) is 6. The van der Waals surface area contributed by atoms with Crippen molar-refractivity contribution in [2.24, 2.45) is 0 Å². The Morgan fingerprint density at radius 3 is 2.70 bits per heavy atom. The Kier molecular flexibility index (Phi) is 7.13. The second kappa shape index (κ2) is 9.54. The molecule has 0 heterocycles. The third kappa shape index (κ3) is 6.27. The minimum Gasteiger partial charge on any atom is -0.492 e. The molecule has 0 saturated carbocycles. The molecular weight excluding hydrogens is 376 g/mol. The number of rotatable bonds is 8. The average Bonchev–Trinajstić information content (AvgIpc) is 2.63. The summed E-state index contributed by atoms with van der Waals surface area (Å²) >= 11 is 5.75. The van der Waals surface area contributed by atoms with E-state index in [4.69, 9.17) is 21.1 Å². The molecule has 1 amide bonds. The van der Waals surface area contributed by atoms with Gasteiger partial charge in [-0.1, -0.05) is 23.7 Å². The molecule has 142 valence electrons. The van der Waals surface area contributed by atoms with E-state index in [1.165, 1.54) is 6.07 Å². The van der Waals surface area contributed by atoms with Gasteiger partial charge in [0.05, 0.1) is 11.5 Å². The van der Waals surface area contributed by atoms with Crippen molar-refractivity contribution in [2.75, 3.05) is 19.8 Å². The molecule has 0 atom stereocenters. The van der Waals surface area contributed by atoms with Gasteiger partial charge >= 0.3 is 5.97 Å². The van der Waals surface area contributed by atoms with Crippen LogP contribution >= 0.6 is 11.6 Å². The van der Waals surface area contributed by atoms with Gasteiger partial charge < -0.3 is 14.8 Å². The fourth-order valence-corrected chi connectivity index (χ4v) is 2.33. The maximum atomic E-state index is 12.0. The van der Waals surface area contributed by atoms with Crippen molar-refractivity contribution in [3.8, 4) is 5.75 Å². The highest BCUT2D eigenvalue weighted by atomic mass is 35.5. The summed E-state index contributed by atoms with van der Waals surface area (Å²) in [5.74, 6) is -0.875. The van der Waals surface area contributed by atoms with E-state index in [1.807, 2.05) is 25.1 Å². The lowest BCUT2D eigenvalue weighted by atomic mass is 10.2. The first-order chi connectivity index (χ1) is 12.9. The molecule has 0 aliphatic carbocycles. The number of nitro benzene ring substituents is 1. The van der Waals surface area contributed by atoms with Crippen LogP contribution in [0.2, 0.25) is 5.02 Å². The minimum atomic E-state index is -1.00. The second-order valence-electron chi connectivity index (χ2n) is 5.51. The van der Waals surface area contributed by atoms with Crippen molar-refractivity contribution in [1.82, 2.24) is 5.32 Å². The van der Waals surface area contributed by atoms with E-state index < -0.39 is 29.1 Å². The quantitative estimate of drug-likeness (QED) is 0.320. The Labute approximate surface area is 160 Å². The van der Waals surface area contributed by atoms with Gasteiger partial charge in [0.25, 0.3) is 11.6 Å². The fourth-order valence-electron chi connectivity index (χ4n) is 2.16. The number of nitrogens with zero attached hydrogens (tertiary/aromatic N) is 1. The van der Waals surface area contributed by atoms with E-state index in [0.29, 0.717) is 5.75 Å². The fraction of sp³-hybridized carbons (Fsp3) is 0.222. The summed E-state index contributed by atoms with van der Waals surface area (Å²) in [7, 11) is 0. The maximum absolute atomic E-state index is 12.0. The van der Waals surface area contributed by atoms with E-state index in [1.54, 1.807) is 6.07 Å². The molecule has 2 aromatic rings. The van der Waals surface area contributed by atoms with Gasteiger partial charge in [-0.2, -0.15) is 0 Å². The van der Waals surface area contributed by atoms with E-state index >= 15 is 0 Å². The highest BCUT2D eigenvalue weighted by Gasteiger charge is 2.22. The van der Waals surface area contributed by atoms with Crippen LogP contribution in [0.15, 0.2) is 42.5 Å². The number of carbonyl (C=O) groups is 2. The topological polar surface area (TPSA) is 108 Å². The zero-order chi connectivity index (χ0) is 19.8. The van der Waals surface area contributed by atoms with Gasteiger partial charge in [-0.05, 0) is 36.8 Å². The van der Waals surface area contributed by atoms with Crippen molar-refractivity contribution >= 4 is 29.2 Å². The van der Waals surface area contributed by atoms with Crippen molar-refractivity contribution in [3.63, 3.8) is 0 Å². The van der Waals surface area contributed by atoms with Gasteiger partial charge in [0.1, 0.15) is 17.9 Å². The highest BCUT2D eigenvalue weighted by Crippen LogP contribution is 2.23. The molecular formula is C18H17ClN2O6. The highest BCUT2D eigenvalue weighted by molar-refractivity contribution is 6.31. The van der Waals surface area contributed by atoms with Crippen LogP contribution in [0.25, 0.3) is 0 Å². The van der Waals surface area contributed by atoms with E-state index in [0.717, 1.165) is 17.7 Å². The summed E-state index contributed by atoms with van der Waals surface area (Å²) in [5, 5.41) is 13.6. The molecule has 0 radical (unpaired) electrons. The molecule has 0 aromatic heterocycles. The normalized spacial score (nSPS) is 10.1. The van der Waals surface area contributed by atoms with Crippen molar-refractivity contribution in [2.45, 2.75) is 6.92 Å². The average molecular weight is 393 g/mol. The predicted molar refractivity (Wildman–Crippen MR) is 98.1 cm³/mol. The number of esters is 1. The van der Waals surface area contributed by atoms with Gasteiger partial charge in [-0.25, -0.2) is 4.79 Å². The first kappa shape index (κ1) is 20.2. The first-order valence-corrected chi connectivity index (χ1v) is 8.32. The van der Waals surface area contributed by atoms with Crippen LogP contribution < -0.4 is 10.1 Å². The van der Waals surface area contributed by atoms with Crippen LogP contribution in [0.4, 0.5) is 5.69 Å². The van der Waals surface area contributed by atoms with Crippen molar-refractivity contribution in [3.05, 3.63) is 68.7 Å². The summed E-state index contributed by atoms with van der Waals surface area (Å²) in [4.78, 5) is 33.9. The number of amides is 1. The van der Waals surface area contributed by atoms with Crippen LogP contribution in [0.3, 0.4) is 0 Å². The number of nitro groups is 1. The molecule has 0 bridgehead atoms. The smallest absolute Gasteiger partial charge is 0.345 e. The molecule has 27 heavy (non-hydrogen) atoms. The predicted octanol–water partition coefficient (Wildman–Crippen LogP) is 2.91. The molecule has 0 saturated heterocycles. The van der Waals surface area contributed by atoms with Gasteiger partial charge in [0.2, 0.25) is 0 Å². The Morgan fingerprint density at radius 2 is 2.00 bits per heavy atom. The second-order valence-corrected chi connectivity index (χ2v) is 5.95. The molecule has 0 aliphatic rings. The third-order valence-electron chi connectivity index (χ3n) is 3.39. The molecule has 0 fully saturated rings. The van der Waals surface area contributed by atoms with Crippen molar-refractivity contribution in [1.29, 1.82) is 0 Å². The Bertz CT molecular complexity index is 855. The van der Waals surface area contributed by atoms with Crippen LogP contribution in [0.5, 0.6) is 5.75 Å². The van der Waals surface area contributed by atoms with Gasteiger partial charge in [-0.15, -0.1) is 0 Å². The van der Waals surface area contributed by atoms with E-state index in [2.05, 4.69) is 5.32 Å². The summed E-state index contributed by atoms with van der Waals surface area (Å²) in [6.45, 7) is 1.81. The maximum Gasteiger partial charge on any atom is 0.345 e. The number of ether oxygens (including phenoxy) is 2. The minimum absolute atomic E-state index is 0.144. The van der Waals surface area contributed by atoms with E-state index in [-0.39, 0.29) is 23.7 Å². The van der Waals surface area contributed by atoms with Crippen LogP contribution in [-0.2, 0) is 9.53 Å². The Balaban J connectivity index is 1.78. The lowest BCUT2D eigenvalue weighted by molar-refractivity contribution is -0.385. The summed E-state index contributed by atoms with van der Waals surface area (Å²) in [6, 6.07) is 11.0. The monoisotopic (exact) mass is 392 g/mol.